The average Bonchev–Trinajstić information content (AvgIpc) is 2.99. The van der Waals surface area contributed by atoms with Gasteiger partial charge in [-0.2, -0.15) is 0 Å². The second-order valence-corrected chi connectivity index (χ2v) is 10.2. The summed E-state index contributed by atoms with van der Waals surface area (Å²) >= 11 is 0. The molecule has 0 radical (unpaired) electrons. The average molecular weight is 395 g/mol. The van der Waals surface area contributed by atoms with Crippen molar-refractivity contribution in [1.82, 2.24) is 15.2 Å². The molecule has 0 saturated carbocycles. The normalized spacial score (nSPS) is 19.4. The molecule has 0 bridgehead atoms. The Morgan fingerprint density at radius 3 is 2.89 bits per heavy atom. The van der Waals surface area contributed by atoms with Gasteiger partial charge in [-0.15, -0.1) is 0 Å². The smallest absolute Gasteiger partial charge is 0.194 e. The summed E-state index contributed by atoms with van der Waals surface area (Å²) in [4.78, 5) is 9.85. The number of aromatic amines is 1. The molecule has 1 aromatic heterocycles. The van der Waals surface area contributed by atoms with Gasteiger partial charge in [0.25, 0.3) is 0 Å². The maximum atomic E-state index is 13.5. The number of nitrogens with one attached hydrogen (secondary N) is 2. The lowest BCUT2D eigenvalue weighted by molar-refractivity contribution is 0.353. The van der Waals surface area contributed by atoms with Crippen molar-refractivity contribution in [3.05, 3.63) is 35.8 Å². The predicted molar refractivity (Wildman–Crippen MR) is 107 cm³/mol. The van der Waals surface area contributed by atoms with E-state index in [1.54, 1.807) is 19.9 Å². The molecule has 8 heteroatoms. The zero-order valence-corrected chi connectivity index (χ0v) is 16.9. The molecule has 0 spiro atoms. The number of hydrogen-bond acceptors (Lipinski definition) is 3. The third-order valence-electron chi connectivity index (χ3n) is 5.05. The van der Waals surface area contributed by atoms with Crippen molar-refractivity contribution in [2.75, 3.05) is 31.9 Å². The van der Waals surface area contributed by atoms with E-state index in [1.807, 2.05) is 18.0 Å². The highest BCUT2D eigenvalue weighted by Gasteiger charge is 2.40. The summed E-state index contributed by atoms with van der Waals surface area (Å²) in [5.41, 5.74) is 1.93. The van der Waals surface area contributed by atoms with Crippen LogP contribution in [-0.4, -0.2) is 60.9 Å². The Hall–Kier alpha value is -2.09. The van der Waals surface area contributed by atoms with Crippen molar-refractivity contribution < 1.29 is 12.8 Å². The number of hydrogen-bond donors (Lipinski definition) is 2. The Bertz CT molecular complexity index is 950. The summed E-state index contributed by atoms with van der Waals surface area (Å²) in [6, 6.07) is 4.71. The summed E-state index contributed by atoms with van der Waals surface area (Å²) in [6.07, 6.45) is 2.57. The van der Waals surface area contributed by atoms with E-state index < -0.39 is 14.6 Å². The molecular weight excluding hydrogens is 367 g/mol. The van der Waals surface area contributed by atoms with E-state index in [2.05, 4.69) is 15.3 Å². The van der Waals surface area contributed by atoms with Crippen LogP contribution in [0, 0.1) is 5.82 Å². The number of fused-ring (bicyclic) bond motifs is 1. The third-order valence-corrected chi connectivity index (χ3v) is 7.58. The first-order valence-electron chi connectivity index (χ1n) is 9.24. The fraction of sp³-hybridized carbons (Fsp3) is 0.526. The lowest BCUT2D eigenvalue weighted by atomic mass is 10.1. The van der Waals surface area contributed by atoms with Crippen molar-refractivity contribution >= 4 is 26.7 Å². The molecule has 0 aliphatic carbocycles. The van der Waals surface area contributed by atoms with Crippen molar-refractivity contribution in [2.24, 2.45) is 4.99 Å². The number of H-pyrrole nitrogens is 1. The number of nitrogens with zero attached hydrogens (tertiary/aromatic N) is 2. The monoisotopic (exact) mass is 394 g/mol. The van der Waals surface area contributed by atoms with Gasteiger partial charge < -0.3 is 15.2 Å². The number of sulfone groups is 1. The minimum Gasteiger partial charge on any atom is -0.361 e. The fourth-order valence-electron chi connectivity index (χ4n) is 3.39. The van der Waals surface area contributed by atoms with Gasteiger partial charge in [0.15, 0.2) is 15.8 Å². The Morgan fingerprint density at radius 1 is 1.41 bits per heavy atom. The van der Waals surface area contributed by atoms with Gasteiger partial charge in [-0.25, -0.2) is 12.8 Å². The summed E-state index contributed by atoms with van der Waals surface area (Å²) in [6.45, 7) is 7.62. The second kappa shape index (κ2) is 7.50. The molecule has 1 aromatic carbocycles. The van der Waals surface area contributed by atoms with Crippen LogP contribution in [-0.2, 0) is 16.3 Å². The minimum absolute atomic E-state index is 0.131. The molecular formula is C19H27FN4O2S. The van der Waals surface area contributed by atoms with Gasteiger partial charge in [-0.1, -0.05) is 0 Å². The van der Waals surface area contributed by atoms with Crippen LogP contribution in [0.4, 0.5) is 4.39 Å². The van der Waals surface area contributed by atoms with Gasteiger partial charge in [0.2, 0.25) is 0 Å². The summed E-state index contributed by atoms with van der Waals surface area (Å²) in [7, 11) is -3.09. The van der Waals surface area contributed by atoms with Gasteiger partial charge >= 0.3 is 0 Å². The van der Waals surface area contributed by atoms with Crippen LogP contribution in [0.1, 0.15) is 26.3 Å². The number of aliphatic imine (C=N–C) groups is 1. The zero-order chi connectivity index (χ0) is 19.7. The van der Waals surface area contributed by atoms with Crippen LogP contribution >= 0.6 is 0 Å². The van der Waals surface area contributed by atoms with Gasteiger partial charge in [-0.05, 0) is 51.0 Å². The fourth-order valence-corrected chi connectivity index (χ4v) is 4.76. The SMILES string of the molecule is CCNC(=NCCc1c[nH]c2ccc(F)cc12)N1CCS(=O)(=O)C(C)(C)C1. The van der Waals surface area contributed by atoms with E-state index in [9.17, 15) is 12.8 Å². The molecule has 2 N–H and O–H groups in total. The highest BCUT2D eigenvalue weighted by molar-refractivity contribution is 7.92. The lowest BCUT2D eigenvalue weighted by Crippen LogP contribution is -2.57. The van der Waals surface area contributed by atoms with Crippen LogP contribution in [0.3, 0.4) is 0 Å². The van der Waals surface area contributed by atoms with Crippen LogP contribution in [0.25, 0.3) is 10.9 Å². The maximum Gasteiger partial charge on any atom is 0.194 e. The molecule has 148 valence electrons. The molecule has 2 aromatic rings. The molecule has 1 aliphatic rings. The van der Waals surface area contributed by atoms with E-state index in [0.29, 0.717) is 32.6 Å². The van der Waals surface area contributed by atoms with Crippen molar-refractivity contribution in [2.45, 2.75) is 31.9 Å². The number of rotatable bonds is 4. The first kappa shape index (κ1) is 19.7. The van der Waals surface area contributed by atoms with E-state index in [-0.39, 0.29) is 11.6 Å². The largest absolute Gasteiger partial charge is 0.361 e. The van der Waals surface area contributed by atoms with Gasteiger partial charge in [0.05, 0.1) is 10.5 Å². The third kappa shape index (κ3) is 4.10. The van der Waals surface area contributed by atoms with Gasteiger partial charge in [-0.3, -0.25) is 4.99 Å². The van der Waals surface area contributed by atoms with E-state index in [0.717, 1.165) is 22.4 Å². The standard InChI is InChI=1S/C19H27FN4O2S/c1-4-21-18(24-9-10-27(25,26)19(2,3)13-24)22-8-7-14-12-23-17-6-5-15(20)11-16(14)17/h5-6,11-12,23H,4,7-10,13H2,1-3H3,(H,21,22). The number of aromatic nitrogens is 1. The molecule has 0 amide bonds. The van der Waals surface area contributed by atoms with E-state index in [1.165, 1.54) is 12.1 Å². The summed E-state index contributed by atoms with van der Waals surface area (Å²) < 4.78 is 37.2. The van der Waals surface area contributed by atoms with Gasteiger partial charge in [0, 0.05) is 43.3 Å². The van der Waals surface area contributed by atoms with Crippen LogP contribution in [0.5, 0.6) is 0 Å². The first-order chi connectivity index (χ1) is 12.7. The molecule has 6 nitrogen and oxygen atoms in total. The topological polar surface area (TPSA) is 77.6 Å². The maximum absolute atomic E-state index is 13.5. The molecule has 2 heterocycles. The van der Waals surface area contributed by atoms with E-state index >= 15 is 0 Å². The first-order valence-corrected chi connectivity index (χ1v) is 10.9. The van der Waals surface area contributed by atoms with Crippen LogP contribution in [0.2, 0.25) is 0 Å². The van der Waals surface area contributed by atoms with E-state index in [4.69, 9.17) is 0 Å². The van der Waals surface area contributed by atoms with Crippen molar-refractivity contribution in [3.8, 4) is 0 Å². The molecule has 1 fully saturated rings. The molecule has 27 heavy (non-hydrogen) atoms. The molecule has 1 aliphatic heterocycles. The Labute approximate surface area is 159 Å². The number of guanidine groups is 1. The molecule has 1 saturated heterocycles. The lowest BCUT2D eigenvalue weighted by Gasteiger charge is -2.39. The minimum atomic E-state index is -3.09. The second-order valence-electron chi connectivity index (χ2n) is 7.49. The highest BCUT2D eigenvalue weighted by Crippen LogP contribution is 2.24. The van der Waals surface area contributed by atoms with Crippen LogP contribution in [0.15, 0.2) is 29.4 Å². The molecule has 0 atom stereocenters. The quantitative estimate of drug-likeness (QED) is 0.616. The Balaban J connectivity index is 1.73. The summed E-state index contributed by atoms with van der Waals surface area (Å²) in [5, 5.41) is 4.13. The van der Waals surface area contributed by atoms with Gasteiger partial charge in [0.1, 0.15) is 5.82 Å². The zero-order valence-electron chi connectivity index (χ0n) is 16.0. The number of halogens is 1. The molecule has 3 rings (SSSR count). The highest BCUT2D eigenvalue weighted by atomic mass is 32.2. The summed E-state index contributed by atoms with van der Waals surface area (Å²) in [5.74, 6) is 0.607. The van der Waals surface area contributed by atoms with Crippen LogP contribution < -0.4 is 5.32 Å². The van der Waals surface area contributed by atoms with Crippen molar-refractivity contribution in [3.63, 3.8) is 0 Å². The number of benzene rings is 1. The Morgan fingerprint density at radius 2 is 2.19 bits per heavy atom. The van der Waals surface area contributed by atoms with Crippen molar-refractivity contribution in [1.29, 1.82) is 0 Å². The predicted octanol–water partition coefficient (Wildman–Crippen LogP) is 2.32. The molecule has 0 unspecified atom stereocenters. The Kier molecular flexibility index (Phi) is 5.46.